The van der Waals surface area contributed by atoms with Crippen LogP contribution in [0, 0.1) is 0 Å². The molecular weight excluding hydrogens is 223 g/mol. The van der Waals surface area contributed by atoms with Gasteiger partial charge in [-0.15, -0.1) is 0 Å². The Morgan fingerprint density at radius 2 is 2.15 bits per heavy atom. The van der Waals surface area contributed by atoms with Gasteiger partial charge in [0.25, 0.3) is 5.78 Å². The summed E-state index contributed by atoms with van der Waals surface area (Å²) < 4.78 is 24.6. The molecule has 0 amide bonds. The lowest BCUT2D eigenvalue weighted by atomic mass is 10.2. The van der Waals surface area contributed by atoms with E-state index >= 15 is 0 Å². The topological polar surface area (TPSA) is 30.0 Å². The second-order valence-electron chi connectivity index (χ2n) is 2.17. The minimum atomic E-state index is -3.94. The van der Waals surface area contributed by atoms with Gasteiger partial charge in [0.2, 0.25) is 0 Å². The molecule has 0 aliphatic rings. The Morgan fingerprint density at radius 1 is 1.54 bits per heavy atom. The number of carbonyl (C=O) groups is 1. The van der Waals surface area contributed by atoms with E-state index in [0.717, 1.165) is 6.07 Å². The summed E-state index contributed by atoms with van der Waals surface area (Å²) in [4.78, 5) is 14.3. The number of rotatable bonds is 2. The van der Waals surface area contributed by atoms with E-state index in [1.165, 1.54) is 12.3 Å². The summed E-state index contributed by atoms with van der Waals surface area (Å²) in [6.45, 7) is 0. The van der Waals surface area contributed by atoms with E-state index < -0.39 is 11.2 Å². The van der Waals surface area contributed by atoms with Gasteiger partial charge < -0.3 is 0 Å². The second kappa shape index (κ2) is 3.55. The summed E-state index contributed by atoms with van der Waals surface area (Å²) in [6, 6.07) is 2.45. The fraction of sp³-hybridized carbons (Fsp3) is 0.143. The Bertz CT molecular complexity index is 338. The van der Waals surface area contributed by atoms with E-state index in [2.05, 4.69) is 16.6 Å². The number of nitrogens with zero attached hydrogens (tertiary/aromatic N) is 1. The third-order valence-corrected chi connectivity index (χ3v) is 1.73. The van der Waals surface area contributed by atoms with Crippen LogP contribution in [-0.4, -0.2) is 16.1 Å². The van der Waals surface area contributed by atoms with Crippen LogP contribution in [-0.2, 0) is 0 Å². The first-order valence-electron chi connectivity index (χ1n) is 3.15. The molecule has 0 saturated carbocycles. The lowest BCUT2D eigenvalue weighted by Gasteiger charge is -2.06. The van der Waals surface area contributed by atoms with Gasteiger partial charge in [-0.3, -0.25) is 4.79 Å². The summed E-state index contributed by atoms with van der Waals surface area (Å²) >= 11 is 9.92. The van der Waals surface area contributed by atoms with Crippen molar-refractivity contribution in [2.24, 2.45) is 0 Å². The standard InChI is InChI=1S/C7H3Cl2F2NO/c8-6-4(2-1-3-12-6)5(13)7(9,10)11/h1-3H. The second-order valence-corrected chi connectivity index (χ2v) is 3.00. The number of hydrogen-bond donors (Lipinski definition) is 0. The number of ketones is 1. The fourth-order valence-corrected chi connectivity index (χ4v) is 1.02. The first-order chi connectivity index (χ1) is 5.93. The van der Waals surface area contributed by atoms with Crippen LogP contribution in [0.2, 0.25) is 5.15 Å². The van der Waals surface area contributed by atoms with Crippen molar-refractivity contribution in [1.82, 2.24) is 4.98 Å². The molecule has 1 aromatic rings. The molecule has 1 rings (SSSR count). The quantitative estimate of drug-likeness (QED) is 0.440. The minimum absolute atomic E-state index is 0.284. The zero-order valence-electron chi connectivity index (χ0n) is 6.10. The van der Waals surface area contributed by atoms with E-state index in [1.807, 2.05) is 0 Å². The molecule has 0 unspecified atom stereocenters. The molecule has 1 aromatic heterocycles. The van der Waals surface area contributed by atoms with Crippen LogP contribution in [0.4, 0.5) is 8.78 Å². The molecule has 0 fully saturated rings. The average Bonchev–Trinajstić information content (AvgIpc) is 2.02. The van der Waals surface area contributed by atoms with Gasteiger partial charge in [-0.05, 0) is 23.7 Å². The summed E-state index contributed by atoms with van der Waals surface area (Å²) in [5, 5.41) is -4.22. The smallest absolute Gasteiger partial charge is 0.286 e. The Labute approximate surface area is 82.5 Å². The molecule has 1 heterocycles. The highest BCUT2D eigenvalue weighted by molar-refractivity contribution is 6.39. The van der Waals surface area contributed by atoms with E-state index in [-0.39, 0.29) is 10.7 Å². The van der Waals surface area contributed by atoms with Gasteiger partial charge in [0.1, 0.15) is 5.15 Å². The number of hydrogen-bond acceptors (Lipinski definition) is 2. The maximum absolute atomic E-state index is 12.3. The summed E-state index contributed by atoms with van der Waals surface area (Å²) in [6.07, 6.45) is 1.28. The van der Waals surface area contributed by atoms with Gasteiger partial charge in [-0.1, -0.05) is 11.6 Å². The molecule has 13 heavy (non-hydrogen) atoms. The van der Waals surface area contributed by atoms with Crippen molar-refractivity contribution in [1.29, 1.82) is 0 Å². The summed E-state index contributed by atoms with van der Waals surface area (Å²) in [7, 11) is 0. The molecule has 0 aliphatic carbocycles. The normalized spacial score (nSPS) is 11.4. The van der Waals surface area contributed by atoms with Gasteiger partial charge in [0.05, 0.1) is 5.56 Å². The van der Waals surface area contributed by atoms with Crippen molar-refractivity contribution in [3.8, 4) is 0 Å². The average molecular weight is 226 g/mol. The number of pyridine rings is 1. The summed E-state index contributed by atoms with van der Waals surface area (Å²) in [5.41, 5.74) is -0.385. The minimum Gasteiger partial charge on any atom is -0.286 e. The van der Waals surface area contributed by atoms with Gasteiger partial charge in [-0.25, -0.2) is 4.98 Å². The molecule has 0 spiro atoms. The Kier molecular flexibility index (Phi) is 2.83. The van der Waals surface area contributed by atoms with Crippen LogP contribution in [0.5, 0.6) is 0 Å². The van der Waals surface area contributed by atoms with Crippen LogP contribution in [0.1, 0.15) is 10.4 Å². The maximum Gasteiger partial charge on any atom is 0.385 e. The SMILES string of the molecule is O=C(c1cccnc1Cl)C(F)(F)Cl. The first kappa shape index (κ1) is 10.3. The molecule has 0 radical (unpaired) electrons. The predicted octanol–water partition coefficient (Wildman–Crippen LogP) is 2.75. The molecule has 6 heteroatoms. The third-order valence-electron chi connectivity index (χ3n) is 1.26. The lowest BCUT2D eigenvalue weighted by molar-refractivity contribution is 0.0536. The molecule has 0 aliphatic heterocycles. The third kappa shape index (κ3) is 2.35. The Morgan fingerprint density at radius 3 is 2.62 bits per heavy atom. The zero-order valence-corrected chi connectivity index (χ0v) is 7.61. The van der Waals surface area contributed by atoms with Crippen molar-refractivity contribution in [3.63, 3.8) is 0 Å². The highest BCUT2D eigenvalue weighted by Crippen LogP contribution is 2.26. The molecule has 0 bridgehead atoms. The van der Waals surface area contributed by atoms with Gasteiger partial charge in [-0.2, -0.15) is 8.78 Å². The number of Topliss-reactive ketones (excluding diaryl/α,β-unsaturated/α-hetero) is 1. The van der Waals surface area contributed by atoms with Crippen LogP contribution in [0.25, 0.3) is 0 Å². The van der Waals surface area contributed by atoms with Crippen molar-refractivity contribution < 1.29 is 13.6 Å². The lowest BCUT2D eigenvalue weighted by Crippen LogP contribution is -2.21. The van der Waals surface area contributed by atoms with Crippen molar-refractivity contribution in [2.45, 2.75) is 5.38 Å². The van der Waals surface area contributed by atoms with Crippen molar-refractivity contribution in [2.75, 3.05) is 0 Å². The molecule has 2 nitrogen and oxygen atoms in total. The molecule has 70 valence electrons. The van der Waals surface area contributed by atoms with E-state index in [0.29, 0.717) is 0 Å². The molecule has 0 atom stereocenters. The number of alkyl halides is 3. The van der Waals surface area contributed by atoms with E-state index in [9.17, 15) is 13.6 Å². The Hall–Kier alpha value is -0.740. The molecule has 0 aromatic carbocycles. The highest BCUT2D eigenvalue weighted by Gasteiger charge is 2.37. The summed E-state index contributed by atoms with van der Waals surface area (Å²) in [5.74, 6) is -1.55. The number of carbonyl (C=O) groups excluding carboxylic acids is 1. The van der Waals surface area contributed by atoms with Crippen LogP contribution in [0.3, 0.4) is 0 Å². The molecular formula is C7H3Cl2F2NO. The zero-order chi connectivity index (χ0) is 10.1. The van der Waals surface area contributed by atoms with E-state index in [4.69, 9.17) is 11.6 Å². The van der Waals surface area contributed by atoms with Gasteiger partial charge in [0.15, 0.2) is 0 Å². The van der Waals surface area contributed by atoms with Crippen LogP contribution < -0.4 is 0 Å². The monoisotopic (exact) mass is 225 g/mol. The van der Waals surface area contributed by atoms with Crippen LogP contribution in [0.15, 0.2) is 18.3 Å². The molecule has 0 N–H and O–H groups in total. The van der Waals surface area contributed by atoms with Gasteiger partial charge in [0, 0.05) is 6.20 Å². The number of halogens is 4. The van der Waals surface area contributed by atoms with Gasteiger partial charge >= 0.3 is 5.38 Å². The van der Waals surface area contributed by atoms with Crippen LogP contribution >= 0.6 is 23.2 Å². The van der Waals surface area contributed by atoms with Crippen molar-refractivity contribution >= 4 is 29.0 Å². The predicted molar refractivity (Wildman–Crippen MR) is 44.4 cm³/mol. The Balaban J connectivity index is 3.10. The maximum atomic E-state index is 12.3. The van der Waals surface area contributed by atoms with E-state index in [1.54, 1.807) is 0 Å². The number of aromatic nitrogens is 1. The first-order valence-corrected chi connectivity index (χ1v) is 3.90. The highest BCUT2D eigenvalue weighted by atomic mass is 35.5. The van der Waals surface area contributed by atoms with Crippen molar-refractivity contribution in [3.05, 3.63) is 29.0 Å². The molecule has 0 saturated heterocycles. The largest absolute Gasteiger partial charge is 0.385 e. The fourth-order valence-electron chi connectivity index (χ4n) is 0.708.